The molecule has 0 radical (unpaired) electrons. The van der Waals surface area contributed by atoms with E-state index in [1.165, 1.54) is 0 Å². The van der Waals surface area contributed by atoms with Crippen molar-refractivity contribution >= 4 is 17.5 Å². The first-order chi connectivity index (χ1) is 10.1. The standard InChI is InChI=1S/C15H22N2O4/c1-4-20-13(21-5-2)10-16-14(18)15(19)17-12-8-6-7-11(3)9-12/h6-9,13H,4-5,10H2,1-3H3,(H,16,18)(H,17,19). The topological polar surface area (TPSA) is 76.7 Å². The number of rotatable bonds is 7. The van der Waals surface area contributed by atoms with Crippen LogP contribution in [0.3, 0.4) is 0 Å². The average molecular weight is 294 g/mol. The van der Waals surface area contributed by atoms with E-state index in [0.717, 1.165) is 5.56 Å². The molecule has 6 heteroatoms. The second-order valence-corrected chi connectivity index (χ2v) is 4.37. The Morgan fingerprint density at radius 1 is 1.14 bits per heavy atom. The van der Waals surface area contributed by atoms with Crippen LogP contribution in [0.15, 0.2) is 24.3 Å². The summed E-state index contributed by atoms with van der Waals surface area (Å²) in [6.07, 6.45) is -0.546. The van der Waals surface area contributed by atoms with Crippen LogP contribution in [-0.4, -0.2) is 37.9 Å². The summed E-state index contributed by atoms with van der Waals surface area (Å²) in [5, 5.41) is 5.02. The lowest BCUT2D eigenvalue weighted by atomic mass is 10.2. The Morgan fingerprint density at radius 3 is 2.38 bits per heavy atom. The molecular formula is C15H22N2O4. The van der Waals surface area contributed by atoms with E-state index in [-0.39, 0.29) is 6.54 Å². The highest BCUT2D eigenvalue weighted by Gasteiger charge is 2.16. The molecule has 0 heterocycles. The van der Waals surface area contributed by atoms with Gasteiger partial charge in [0.05, 0.1) is 6.54 Å². The molecule has 21 heavy (non-hydrogen) atoms. The predicted octanol–water partition coefficient (Wildman–Crippen LogP) is 1.45. The van der Waals surface area contributed by atoms with Gasteiger partial charge < -0.3 is 20.1 Å². The van der Waals surface area contributed by atoms with Crippen molar-refractivity contribution in [2.45, 2.75) is 27.1 Å². The zero-order valence-electron chi connectivity index (χ0n) is 12.6. The van der Waals surface area contributed by atoms with E-state index in [4.69, 9.17) is 9.47 Å². The van der Waals surface area contributed by atoms with E-state index in [0.29, 0.717) is 18.9 Å². The summed E-state index contributed by atoms with van der Waals surface area (Å²) in [6.45, 7) is 6.63. The van der Waals surface area contributed by atoms with Crippen LogP contribution in [0.4, 0.5) is 5.69 Å². The SMILES string of the molecule is CCOC(CNC(=O)C(=O)Nc1cccc(C)c1)OCC. The van der Waals surface area contributed by atoms with Gasteiger partial charge in [-0.15, -0.1) is 0 Å². The Kier molecular flexibility index (Phi) is 7.42. The molecule has 0 aromatic heterocycles. The molecule has 1 aromatic rings. The minimum absolute atomic E-state index is 0.127. The normalized spacial score (nSPS) is 10.5. The molecule has 0 unspecified atom stereocenters. The third kappa shape index (κ3) is 6.37. The molecule has 1 rings (SSSR count). The largest absolute Gasteiger partial charge is 0.351 e. The van der Waals surface area contributed by atoms with Crippen molar-refractivity contribution in [3.8, 4) is 0 Å². The Hall–Kier alpha value is -1.92. The van der Waals surface area contributed by atoms with E-state index in [1.54, 1.807) is 12.1 Å². The summed E-state index contributed by atoms with van der Waals surface area (Å²) in [5.41, 5.74) is 1.59. The molecule has 0 atom stereocenters. The highest BCUT2D eigenvalue weighted by atomic mass is 16.7. The van der Waals surface area contributed by atoms with E-state index in [9.17, 15) is 9.59 Å². The van der Waals surface area contributed by atoms with Crippen molar-refractivity contribution < 1.29 is 19.1 Å². The van der Waals surface area contributed by atoms with Gasteiger partial charge in [0.15, 0.2) is 6.29 Å². The molecule has 0 spiro atoms. The monoisotopic (exact) mass is 294 g/mol. The maximum atomic E-state index is 11.7. The predicted molar refractivity (Wildman–Crippen MR) is 79.9 cm³/mol. The molecule has 2 amide bonds. The van der Waals surface area contributed by atoms with E-state index in [2.05, 4.69) is 10.6 Å². The maximum absolute atomic E-state index is 11.7. The number of nitrogens with one attached hydrogen (secondary N) is 2. The van der Waals surface area contributed by atoms with Crippen molar-refractivity contribution in [1.82, 2.24) is 5.32 Å². The summed E-state index contributed by atoms with van der Waals surface area (Å²) in [6, 6.07) is 7.23. The fraction of sp³-hybridized carbons (Fsp3) is 0.467. The van der Waals surface area contributed by atoms with Gasteiger partial charge in [0.25, 0.3) is 0 Å². The van der Waals surface area contributed by atoms with Crippen LogP contribution in [0.5, 0.6) is 0 Å². The fourth-order valence-corrected chi connectivity index (χ4v) is 1.70. The van der Waals surface area contributed by atoms with Crippen LogP contribution < -0.4 is 10.6 Å². The summed E-state index contributed by atoms with van der Waals surface area (Å²) < 4.78 is 10.6. The number of hydrogen-bond donors (Lipinski definition) is 2. The number of ether oxygens (including phenoxy) is 2. The number of benzene rings is 1. The molecule has 2 N–H and O–H groups in total. The molecule has 0 aliphatic rings. The van der Waals surface area contributed by atoms with Crippen molar-refractivity contribution in [3.63, 3.8) is 0 Å². The first-order valence-corrected chi connectivity index (χ1v) is 6.95. The molecule has 0 bridgehead atoms. The van der Waals surface area contributed by atoms with Crippen LogP contribution in [-0.2, 0) is 19.1 Å². The molecule has 0 saturated carbocycles. The van der Waals surface area contributed by atoms with Crippen molar-refractivity contribution in [2.24, 2.45) is 0 Å². The lowest BCUT2D eigenvalue weighted by Gasteiger charge is -2.17. The molecule has 0 fully saturated rings. The minimum atomic E-state index is -0.721. The van der Waals surface area contributed by atoms with Gasteiger partial charge >= 0.3 is 11.8 Å². The number of hydrogen-bond acceptors (Lipinski definition) is 4. The zero-order valence-corrected chi connectivity index (χ0v) is 12.6. The number of amides is 2. The van der Waals surface area contributed by atoms with Gasteiger partial charge in [0.2, 0.25) is 0 Å². The molecule has 116 valence electrons. The van der Waals surface area contributed by atoms with Gasteiger partial charge in [-0.1, -0.05) is 12.1 Å². The molecule has 6 nitrogen and oxygen atoms in total. The van der Waals surface area contributed by atoms with E-state index >= 15 is 0 Å². The summed E-state index contributed by atoms with van der Waals surface area (Å²) in [4.78, 5) is 23.5. The zero-order chi connectivity index (χ0) is 15.7. The Balaban J connectivity index is 2.45. The number of carbonyl (C=O) groups is 2. The molecule has 0 aliphatic carbocycles. The first kappa shape index (κ1) is 17.1. The molecule has 0 saturated heterocycles. The fourth-order valence-electron chi connectivity index (χ4n) is 1.70. The quantitative estimate of drug-likeness (QED) is 0.589. The number of anilines is 1. The van der Waals surface area contributed by atoms with Gasteiger partial charge in [0.1, 0.15) is 0 Å². The lowest BCUT2D eigenvalue weighted by molar-refractivity contribution is -0.145. The highest BCUT2D eigenvalue weighted by Crippen LogP contribution is 2.09. The smallest absolute Gasteiger partial charge is 0.313 e. The summed E-state index contributed by atoms with van der Waals surface area (Å²) >= 11 is 0. The average Bonchev–Trinajstić information content (AvgIpc) is 2.45. The van der Waals surface area contributed by atoms with E-state index < -0.39 is 18.1 Å². The Bertz CT molecular complexity index is 470. The van der Waals surface area contributed by atoms with Crippen molar-refractivity contribution in [1.29, 1.82) is 0 Å². The molecular weight excluding hydrogens is 272 g/mol. The van der Waals surface area contributed by atoms with Crippen LogP contribution >= 0.6 is 0 Å². The molecule has 0 aliphatic heterocycles. The highest BCUT2D eigenvalue weighted by molar-refractivity contribution is 6.39. The Morgan fingerprint density at radius 2 is 1.81 bits per heavy atom. The number of aryl methyl sites for hydroxylation is 1. The van der Waals surface area contributed by atoms with E-state index in [1.807, 2.05) is 32.9 Å². The van der Waals surface area contributed by atoms with Gasteiger partial charge in [-0.05, 0) is 38.5 Å². The third-order valence-corrected chi connectivity index (χ3v) is 2.62. The lowest BCUT2D eigenvalue weighted by Crippen LogP contribution is -2.41. The van der Waals surface area contributed by atoms with Gasteiger partial charge in [-0.25, -0.2) is 0 Å². The third-order valence-electron chi connectivity index (χ3n) is 2.62. The summed E-state index contributed by atoms with van der Waals surface area (Å²) in [5.74, 6) is -1.44. The van der Waals surface area contributed by atoms with Gasteiger partial charge in [-0.2, -0.15) is 0 Å². The number of carbonyl (C=O) groups excluding carboxylic acids is 2. The second-order valence-electron chi connectivity index (χ2n) is 4.37. The minimum Gasteiger partial charge on any atom is -0.351 e. The van der Waals surface area contributed by atoms with Gasteiger partial charge in [-0.3, -0.25) is 9.59 Å². The second kappa shape index (κ2) is 9.10. The van der Waals surface area contributed by atoms with Crippen LogP contribution in [0, 0.1) is 6.92 Å². The summed E-state index contributed by atoms with van der Waals surface area (Å²) in [7, 11) is 0. The first-order valence-electron chi connectivity index (χ1n) is 6.95. The molecule has 1 aromatic carbocycles. The van der Waals surface area contributed by atoms with Crippen LogP contribution in [0.2, 0.25) is 0 Å². The van der Waals surface area contributed by atoms with Crippen molar-refractivity contribution in [2.75, 3.05) is 25.1 Å². The van der Waals surface area contributed by atoms with Gasteiger partial charge in [0, 0.05) is 18.9 Å². The van der Waals surface area contributed by atoms with Crippen molar-refractivity contribution in [3.05, 3.63) is 29.8 Å². The Labute approximate surface area is 124 Å². The van der Waals surface area contributed by atoms with Crippen LogP contribution in [0.1, 0.15) is 19.4 Å². The maximum Gasteiger partial charge on any atom is 0.313 e. The van der Waals surface area contributed by atoms with Crippen LogP contribution in [0.25, 0.3) is 0 Å².